The maximum absolute atomic E-state index is 12.7. The van der Waals surface area contributed by atoms with Gasteiger partial charge in [-0.05, 0) is 54.6 Å². The average molecular weight is 430 g/mol. The van der Waals surface area contributed by atoms with Crippen molar-refractivity contribution >= 4 is 34.4 Å². The molecule has 0 aliphatic carbocycles. The third kappa shape index (κ3) is 4.93. The number of hydrogen-bond acceptors (Lipinski definition) is 5. The molecular formula is C24H22N4O4. The van der Waals surface area contributed by atoms with Gasteiger partial charge in [0.25, 0.3) is 5.91 Å². The number of carbonyl (C=O) groups excluding carboxylic acids is 2. The minimum Gasteiger partial charge on any atom is -0.447 e. The van der Waals surface area contributed by atoms with Gasteiger partial charge in [-0.25, -0.2) is 9.78 Å². The van der Waals surface area contributed by atoms with Crippen LogP contribution in [0.3, 0.4) is 0 Å². The highest BCUT2D eigenvalue weighted by Gasteiger charge is 2.09. The lowest BCUT2D eigenvalue weighted by Crippen LogP contribution is -2.17. The van der Waals surface area contributed by atoms with Gasteiger partial charge in [0.1, 0.15) is 12.9 Å². The number of benzene rings is 3. The number of methoxy groups -OCH3 is 1. The van der Waals surface area contributed by atoms with Crippen molar-refractivity contribution < 1.29 is 19.1 Å². The third-order valence-corrected chi connectivity index (χ3v) is 4.75. The largest absolute Gasteiger partial charge is 0.447 e. The highest BCUT2D eigenvalue weighted by Crippen LogP contribution is 2.20. The number of fused-ring (bicyclic) bond motifs is 1. The van der Waals surface area contributed by atoms with Crippen LogP contribution in [-0.4, -0.2) is 41.9 Å². The molecule has 8 nitrogen and oxygen atoms in total. The lowest BCUT2D eigenvalue weighted by Gasteiger charge is -2.10. The molecule has 4 rings (SSSR count). The standard InChI is InChI=1S/C24H22N4O4/c1-31-13-14-32-24(30)27-19-6-4-5-18(15-19)26-23(29)17-9-11-20(12-10-17)28-16-25-21-7-2-3-8-22(21)28/h2-12,15-16H,13-14H2,1H3,(H,26,29)(H,27,30). The lowest BCUT2D eigenvalue weighted by atomic mass is 10.1. The average Bonchev–Trinajstić information content (AvgIpc) is 3.24. The van der Waals surface area contributed by atoms with Crippen molar-refractivity contribution in [3.63, 3.8) is 0 Å². The first-order chi connectivity index (χ1) is 15.6. The Bertz CT molecular complexity index is 1230. The topological polar surface area (TPSA) is 94.5 Å². The second kappa shape index (κ2) is 9.76. The van der Waals surface area contributed by atoms with Gasteiger partial charge < -0.3 is 14.8 Å². The Balaban J connectivity index is 1.41. The van der Waals surface area contributed by atoms with Crippen molar-refractivity contribution in [3.8, 4) is 5.69 Å². The zero-order chi connectivity index (χ0) is 22.3. The van der Waals surface area contributed by atoms with E-state index in [4.69, 9.17) is 9.47 Å². The van der Waals surface area contributed by atoms with Crippen molar-refractivity contribution in [3.05, 3.63) is 84.7 Å². The summed E-state index contributed by atoms with van der Waals surface area (Å²) in [7, 11) is 1.53. The van der Waals surface area contributed by atoms with E-state index in [2.05, 4.69) is 15.6 Å². The molecule has 2 amide bonds. The summed E-state index contributed by atoms with van der Waals surface area (Å²) < 4.78 is 11.8. The number of hydrogen-bond donors (Lipinski definition) is 2. The predicted octanol–water partition coefficient (Wildman–Crippen LogP) is 4.47. The summed E-state index contributed by atoms with van der Waals surface area (Å²) in [6, 6.07) is 22.0. The third-order valence-electron chi connectivity index (χ3n) is 4.75. The number of carbonyl (C=O) groups is 2. The monoisotopic (exact) mass is 430 g/mol. The maximum Gasteiger partial charge on any atom is 0.411 e. The molecule has 0 spiro atoms. The minimum absolute atomic E-state index is 0.156. The summed E-state index contributed by atoms with van der Waals surface area (Å²) in [5, 5.41) is 5.45. The second-order valence-corrected chi connectivity index (χ2v) is 6.94. The molecule has 4 aromatic rings. The predicted molar refractivity (Wildman–Crippen MR) is 122 cm³/mol. The first-order valence-electron chi connectivity index (χ1n) is 10.0. The fraction of sp³-hybridized carbons (Fsp3) is 0.125. The van der Waals surface area contributed by atoms with Crippen LogP contribution >= 0.6 is 0 Å². The van der Waals surface area contributed by atoms with Gasteiger partial charge >= 0.3 is 6.09 Å². The van der Waals surface area contributed by atoms with Crippen molar-refractivity contribution in [2.75, 3.05) is 31.0 Å². The minimum atomic E-state index is -0.590. The van der Waals surface area contributed by atoms with Gasteiger partial charge in [-0.15, -0.1) is 0 Å². The quantitative estimate of drug-likeness (QED) is 0.422. The van der Waals surface area contributed by atoms with E-state index in [1.807, 2.05) is 41.0 Å². The number of para-hydroxylation sites is 2. The molecule has 0 unspecified atom stereocenters. The molecule has 0 saturated heterocycles. The Morgan fingerprint density at radius 2 is 1.66 bits per heavy atom. The van der Waals surface area contributed by atoms with Gasteiger partial charge in [0, 0.05) is 29.7 Å². The number of rotatable bonds is 7. The molecule has 2 N–H and O–H groups in total. The Kier molecular flexibility index (Phi) is 6.43. The molecular weight excluding hydrogens is 408 g/mol. The summed E-state index contributed by atoms with van der Waals surface area (Å²) >= 11 is 0. The smallest absolute Gasteiger partial charge is 0.411 e. The van der Waals surface area contributed by atoms with E-state index in [1.165, 1.54) is 7.11 Å². The van der Waals surface area contributed by atoms with E-state index in [-0.39, 0.29) is 12.5 Å². The lowest BCUT2D eigenvalue weighted by molar-refractivity contribution is 0.102. The van der Waals surface area contributed by atoms with Crippen LogP contribution in [0.2, 0.25) is 0 Å². The van der Waals surface area contributed by atoms with Crippen molar-refractivity contribution in [1.82, 2.24) is 9.55 Å². The number of imidazole rings is 1. The highest BCUT2D eigenvalue weighted by molar-refractivity contribution is 6.04. The second-order valence-electron chi connectivity index (χ2n) is 6.94. The fourth-order valence-electron chi connectivity index (χ4n) is 3.19. The van der Waals surface area contributed by atoms with Gasteiger partial charge in [0.05, 0.1) is 17.6 Å². The summed E-state index contributed by atoms with van der Waals surface area (Å²) in [5.41, 5.74) is 4.38. The zero-order valence-corrected chi connectivity index (χ0v) is 17.4. The fourth-order valence-corrected chi connectivity index (χ4v) is 3.19. The van der Waals surface area contributed by atoms with Crippen LogP contribution < -0.4 is 10.6 Å². The molecule has 0 aliphatic rings. The van der Waals surface area contributed by atoms with Crippen LogP contribution in [0.5, 0.6) is 0 Å². The molecule has 162 valence electrons. The Labute approximate surface area is 184 Å². The summed E-state index contributed by atoms with van der Waals surface area (Å²) in [4.78, 5) is 28.8. The molecule has 0 aliphatic heterocycles. The summed E-state index contributed by atoms with van der Waals surface area (Å²) in [6.07, 6.45) is 1.17. The van der Waals surface area contributed by atoms with E-state index in [9.17, 15) is 9.59 Å². The molecule has 1 aromatic heterocycles. The number of amides is 2. The molecule has 32 heavy (non-hydrogen) atoms. The van der Waals surface area contributed by atoms with Crippen molar-refractivity contribution in [1.29, 1.82) is 0 Å². The van der Waals surface area contributed by atoms with E-state index in [0.29, 0.717) is 23.5 Å². The molecule has 3 aromatic carbocycles. The SMILES string of the molecule is COCCOC(=O)Nc1cccc(NC(=O)c2ccc(-n3cnc4ccccc43)cc2)c1. The highest BCUT2D eigenvalue weighted by atomic mass is 16.6. The number of aromatic nitrogens is 2. The Morgan fingerprint density at radius 1 is 0.906 bits per heavy atom. The molecule has 0 fully saturated rings. The first-order valence-corrected chi connectivity index (χ1v) is 10.0. The van der Waals surface area contributed by atoms with Crippen LogP contribution in [0.15, 0.2) is 79.1 Å². The normalized spacial score (nSPS) is 10.7. The van der Waals surface area contributed by atoms with Crippen LogP contribution in [0.4, 0.5) is 16.2 Å². The van der Waals surface area contributed by atoms with Crippen LogP contribution in [-0.2, 0) is 9.47 Å². The van der Waals surface area contributed by atoms with Gasteiger partial charge in [-0.2, -0.15) is 0 Å². The molecule has 8 heteroatoms. The molecule has 0 saturated carbocycles. The Morgan fingerprint density at radius 3 is 2.44 bits per heavy atom. The number of nitrogens with zero attached hydrogens (tertiary/aromatic N) is 2. The van der Waals surface area contributed by atoms with E-state index < -0.39 is 6.09 Å². The number of nitrogens with one attached hydrogen (secondary N) is 2. The molecule has 0 bridgehead atoms. The summed E-state index contributed by atoms with van der Waals surface area (Å²) in [6.45, 7) is 0.475. The van der Waals surface area contributed by atoms with Crippen LogP contribution in [0, 0.1) is 0 Å². The zero-order valence-electron chi connectivity index (χ0n) is 17.4. The van der Waals surface area contributed by atoms with Crippen molar-refractivity contribution in [2.45, 2.75) is 0 Å². The number of anilines is 2. The van der Waals surface area contributed by atoms with E-state index >= 15 is 0 Å². The van der Waals surface area contributed by atoms with Gasteiger partial charge in [0.2, 0.25) is 0 Å². The number of ether oxygens (including phenoxy) is 2. The van der Waals surface area contributed by atoms with E-state index in [1.54, 1.807) is 42.7 Å². The van der Waals surface area contributed by atoms with Crippen LogP contribution in [0.1, 0.15) is 10.4 Å². The molecule has 0 atom stereocenters. The Hall–Kier alpha value is -4.17. The van der Waals surface area contributed by atoms with Gasteiger partial charge in [-0.3, -0.25) is 14.7 Å². The molecule has 1 heterocycles. The van der Waals surface area contributed by atoms with E-state index in [0.717, 1.165) is 16.7 Å². The summed E-state index contributed by atoms with van der Waals surface area (Å²) in [5.74, 6) is -0.258. The maximum atomic E-state index is 12.7. The van der Waals surface area contributed by atoms with Crippen molar-refractivity contribution in [2.24, 2.45) is 0 Å². The van der Waals surface area contributed by atoms with Gasteiger partial charge in [0.15, 0.2) is 0 Å². The van der Waals surface area contributed by atoms with Crippen LogP contribution in [0.25, 0.3) is 16.7 Å². The van der Waals surface area contributed by atoms with Gasteiger partial charge in [-0.1, -0.05) is 18.2 Å². The first kappa shape index (κ1) is 21.1. The molecule has 0 radical (unpaired) electrons.